The van der Waals surface area contributed by atoms with E-state index in [4.69, 9.17) is 16.7 Å². The van der Waals surface area contributed by atoms with E-state index in [9.17, 15) is 4.79 Å². The number of halogens is 1. The number of rotatable bonds is 3. The van der Waals surface area contributed by atoms with Crippen molar-refractivity contribution in [2.24, 2.45) is 0 Å². The van der Waals surface area contributed by atoms with E-state index in [1.165, 1.54) is 12.3 Å². The highest BCUT2D eigenvalue weighted by Crippen LogP contribution is 2.07. The third kappa shape index (κ3) is 2.97. The summed E-state index contributed by atoms with van der Waals surface area (Å²) in [6.45, 7) is 1.59. The summed E-state index contributed by atoms with van der Waals surface area (Å²) in [6, 6.07) is 2.78. The molecule has 14 heavy (non-hydrogen) atoms. The van der Waals surface area contributed by atoms with Crippen LogP contribution < -0.4 is 5.32 Å². The second kappa shape index (κ2) is 4.93. The van der Waals surface area contributed by atoms with Crippen molar-refractivity contribution in [3.63, 3.8) is 0 Å². The highest BCUT2D eigenvalue weighted by Gasteiger charge is 2.09. The van der Waals surface area contributed by atoms with Gasteiger partial charge in [0.2, 0.25) is 0 Å². The topological polar surface area (TPSA) is 62.2 Å². The minimum atomic E-state index is -0.339. The van der Waals surface area contributed by atoms with Gasteiger partial charge in [-0.25, -0.2) is 0 Å². The van der Waals surface area contributed by atoms with Crippen LogP contribution >= 0.6 is 11.6 Å². The Kier molecular flexibility index (Phi) is 3.85. The highest BCUT2D eigenvalue weighted by molar-refractivity contribution is 6.30. The zero-order chi connectivity index (χ0) is 10.6. The van der Waals surface area contributed by atoms with Crippen LogP contribution in [0.1, 0.15) is 17.4 Å². The predicted octanol–water partition coefficient (Wildman–Crippen LogP) is 0.846. The minimum Gasteiger partial charge on any atom is -0.394 e. The number of hydrogen-bond donors (Lipinski definition) is 2. The van der Waals surface area contributed by atoms with Crippen molar-refractivity contribution in [2.45, 2.75) is 13.0 Å². The summed E-state index contributed by atoms with van der Waals surface area (Å²) < 4.78 is 0. The van der Waals surface area contributed by atoms with Crippen molar-refractivity contribution >= 4 is 17.5 Å². The van der Waals surface area contributed by atoms with Gasteiger partial charge in [-0.15, -0.1) is 0 Å². The van der Waals surface area contributed by atoms with Gasteiger partial charge in [0.05, 0.1) is 6.61 Å². The summed E-state index contributed by atoms with van der Waals surface area (Å²) in [5.74, 6) is -0.339. The van der Waals surface area contributed by atoms with E-state index in [1.54, 1.807) is 13.0 Å². The lowest BCUT2D eigenvalue weighted by Crippen LogP contribution is -2.35. The Hall–Kier alpha value is -1.13. The number of aliphatic hydroxyl groups is 1. The van der Waals surface area contributed by atoms with Crippen LogP contribution in [0.15, 0.2) is 18.3 Å². The Morgan fingerprint density at radius 1 is 1.79 bits per heavy atom. The number of aliphatic hydroxyl groups excluding tert-OH is 1. The molecular weight excluding hydrogens is 204 g/mol. The molecule has 1 rings (SSSR count). The van der Waals surface area contributed by atoms with E-state index in [0.29, 0.717) is 5.02 Å². The van der Waals surface area contributed by atoms with E-state index in [0.717, 1.165) is 0 Å². The van der Waals surface area contributed by atoms with Gasteiger partial charge in [-0.05, 0) is 19.1 Å². The lowest BCUT2D eigenvalue weighted by Gasteiger charge is -2.09. The molecule has 5 heteroatoms. The standard InChI is InChI=1S/C9H11ClN2O2/c1-6(5-13)12-9(14)8-4-7(10)2-3-11-8/h2-4,6,13H,5H2,1H3,(H,12,14)/t6-/m0/s1. The first kappa shape index (κ1) is 10.9. The van der Waals surface area contributed by atoms with E-state index in [-0.39, 0.29) is 24.2 Å². The summed E-state index contributed by atoms with van der Waals surface area (Å²) in [4.78, 5) is 15.3. The Morgan fingerprint density at radius 2 is 2.50 bits per heavy atom. The second-order valence-electron chi connectivity index (χ2n) is 2.92. The van der Waals surface area contributed by atoms with Gasteiger partial charge in [-0.2, -0.15) is 0 Å². The minimum absolute atomic E-state index is 0.105. The third-order valence-electron chi connectivity index (χ3n) is 1.61. The number of pyridine rings is 1. The molecule has 1 atom stereocenters. The molecule has 0 saturated heterocycles. The molecular formula is C9H11ClN2O2. The number of carbonyl (C=O) groups is 1. The first-order chi connectivity index (χ1) is 6.63. The van der Waals surface area contributed by atoms with E-state index in [1.807, 2.05) is 0 Å². The first-order valence-electron chi connectivity index (χ1n) is 4.16. The quantitative estimate of drug-likeness (QED) is 0.784. The molecule has 2 N–H and O–H groups in total. The van der Waals surface area contributed by atoms with Gasteiger partial charge in [-0.1, -0.05) is 11.6 Å². The molecule has 1 amide bonds. The molecule has 0 aliphatic carbocycles. The molecule has 1 aromatic rings. The summed E-state index contributed by atoms with van der Waals surface area (Å²) in [6.07, 6.45) is 1.46. The SMILES string of the molecule is C[C@@H](CO)NC(=O)c1cc(Cl)ccn1. The lowest BCUT2D eigenvalue weighted by molar-refractivity contribution is 0.0917. The van der Waals surface area contributed by atoms with E-state index in [2.05, 4.69) is 10.3 Å². The number of nitrogens with one attached hydrogen (secondary N) is 1. The van der Waals surface area contributed by atoms with Crippen LogP contribution in [0.25, 0.3) is 0 Å². The first-order valence-corrected chi connectivity index (χ1v) is 4.54. The largest absolute Gasteiger partial charge is 0.394 e. The molecule has 76 valence electrons. The summed E-state index contributed by atoms with van der Waals surface area (Å²) in [5, 5.41) is 11.7. The normalized spacial score (nSPS) is 12.2. The van der Waals surface area contributed by atoms with Crippen molar-refractivity contribution in [1.29, 1.82) is 0 Å². The average Bonchev–Trinajstić information content (AvgIpc) is 2.17. The molecule has 4 nitrogen and oxygen atoms in total. The fourth-order valence-electron chi connectivity index (χ4n) is 0.872. The van der Waals surface area contributed by atoms with Crippen LogP contribution in [0.4, 0.5) is 0 Å². The second-order valence-corrected chi connectivity index (χ2v) is 3.35. The number of hydrogen-bond acceptors (Lipinski definition) is 3. The number of aromatic nitrogens is 1. The molecule has 0 aliphatic heterocycles. The molecule has 0 fully saturated rings. The van der Waals surface area contributed by atoms with Crippen LogP contribution in [0, 0.1) is 0 Å². The highest BCUT2D eigenvalue weighted by atomic mass is 35.5. The molecule has 0 aromatic carbocycles. The number of carbonyl (C=O) groups excluding carboxylic acids is 1. The Bertz CT molecular complexity index is 330. The van der Waals surface area contributed by atoms with Crippen molar-refractivity contribution in [3.8, 4) is 0 Å². The molecule has 1 heterocycles. The van der Waals surface area contributed by atoms with E-state index < -0.39 is 0 Å². The van der Waals surface area contributed by atoms with Gasteiger partial charge in [0, 0.05) is 17.3 Å². The van der Waals surface area contributed by atoms with Crippen molar-refractivity contribution in [1.82, 2.24) is 10.3 Å². The maximum absolute atomic E-state index is 11.4. The molecule has 0 radical (unpaired) electrons. The van der Waals surface area contributed by atoms with Crippen LogP contribution in [-0.4, -0.2) is 28.6 Å². The third-order valence-corrected chi connectivity index (χ3v) is 1.84. The molecule has 0 unspecified atom stereocenters. The molecule has 0 aliphatic rings. The summed E-state index contributed by atoms with van der Waals surface area (Å²) in [7, 11) is 0. The maximum atomic E-state index is 11.4. The Morgan fingerprint density at radius 3 is 3.07 bits per heavy atom. The summed E-state index contributed by atoms with van der Waals surface area (Å²) in [5.41, 5.74) is 0.248. The maximum Gasteiger partial charge on any atom is 0.270 e. The molecule has 0 bridgehead atoms. The van der Waals surface area contributed by atoms with E-state index >= 15 is 0 Å². The van der Waals surface area contributed by atoms with Crippen molar-refractivity contribution in [3.05, 3.63) is 29.0 Å². The smallest absolute Gasteiger partial charge is 0.270 e. The van der Waals surface area contributed by atoms with Gasteiger partial charge in [0.1, 0.15) is 5.69 Å². The fraction of sp³-hybridized carbons (Fsp3) is 0.333. The summed E-state index contributed by atoms with van der Waals surface area (Å²) >= 11 is 5.69. The molecule has 0 spiro atoms. The zero-order valence-electron chi connectivity index (χ0n) is 7.70. The van der Waals surface area contributed by atoms with Crippen molar-refractivity contribution in [2.75, 3.05) is 6.61 Å². The Balaban J connectivity index is 2.70. The fourth-order valence-corrected chi connectivity index (χ4v) is 1.03. The van der Waals surface area contributed by atoms with Crippen LogP contribution in [0.3, 0.4) is 0 Å². The molecule has 0 saturated carbocycles. The number of amides is 1. The Labute approximate surface area is 86.9 Å². The van der Waals surface area contributed by atoms with Crippen LogP contribution in [0.5, 0.6) is 0 Å². The zero-order valence-corrected chi connectivity index (χ0v) is 8.45. The van der Waals surface area contributed by atoms with Gasteiger partial charge in [-0.3, -0.25) is 9.78 Å². The van der Waals surface area contributed by atoms with Crippen LogP contribution in [-0.2, 0) is 0 Å². The number of nitrogens with zero attached hydrogens (tertiary/aromatic N) is 1. The lowest BCUT2D eigenvalue weighted by atomic mass is 10.3. The van der Waals surface area contributed by atoms with Gasteiger partial charge in [0.15, 0.2) is 0 Å². The average molecular weight is 215 g/mol. The van der Waals surface area contributed by atoms with Crippen molar-refractivity contribution < 1.29 is 9.90 Å². The van der Waals surface area contributed by atoms with Gasteiger partial charge in [0.25, 0.3) is 5.91 Å². The molecule has 1 aromatic heterocycles. The van der Waals surface area contributed by atoms with Gasteiger partial charge < -0.3 is 10.4 Å². The predicted molar refractivity (Wildman–Crippen MR) is 53.3 cm³/mol. The van der Waals surface area contributed by atoms with Crippen LogP contribution in [0.2, 0.25) is 5.02 Å². The van der Waals surface area contributed by atoms with Gasteiger partial charge >= 0.3 is 0 Å². The monoisotopic (exact) mass is 214 g/mol.